The Morgan fingerprint density at radius 2 is 0.500 bits per heavy atom. The SMILES string of the molecule is F[P-](F)(F)(F)(F)F.[C-]#N.[C-]#N.[C-]#N.[C-]#N.[Cu]. The first-order valence-corrected chi connectivity index (χ1v) is 3.94. The van der Waals surface area contributed by atoms with Crippen LogP contribution in [0.2, 0.25) is 0 Å². The van der Waals surface area contributed by atoms with Crippen LogP contribution in [0.3, 0.4) is 0 Å². The number of halogens is 6. The van der Waals surface area contributed by atoms with Gasteiger partial charge in [0, 0.05) is 17.1 Å². The van der Waals surface area contributed by atoms with Crippen LogP contribution in [0.4, 0.5) is 25.2 Å². The number of hydrogen-bond acceptors (Lipinski definition) is 4. The normalized spacial score (nSPS) is 10.6. The van der Waals surface area contributed by atoms with Crippen LogP contribution in [0.1, 0.15) is 0 Å². The maximum atomic E-state index is 9.87. The van der Waals surface area contributed by atoms with E-state index in [2.05, 4.69) is 0 Å². The minimum Gasteiger partial charge on any atom is -0.512 e. The van der Waals surface area contributed by atoms with Crippen molar-refractivity contribution in [1.82, 2.24) is 0 Å². The maximum Gasteiger partial charge on any atom is 0 e. The second-order valence-corrected chi connectivity index (χ2v) is 2.87. The van der Waals surface area contributed by atoms with Gasteiger partial charge in [0.05, 0.1) is 0 Å². The second-order valence-electron chi connectivity index (χ2n) is 0.958. The molecule has 16 heavy (non-hydrogen) atoms. The Kier molecular flexibility index (Phi) is 26.4. The first-order valence-electron chi connectivity index (χ1n) is 1.91. The zero-order valence-corrected chi connectivity index (χ0v) is 8.64. The van der Waals surface area contributed by atoms with Gasteiger partial charge < -0.3 is 47.3 Å². The van der Waals surface area contributed by atoms with Gasteiger partial charge in [-0.05, 0) is 0 Å². The quantitative estimate of drug-likeness (QED) is 0.294. The van der Waals surface area contributed by atoms with E-state index in [9.17, 15) is 25.2 Å². The van der Waals surface area contributed by atoms with Gasteiger partial charge in [-0.1, -0.05) is 0 Å². The van der Waals surface area contributed by atoms with Crippen molar-refractivity contribution in [1.29, 1.82) is 21.0 Å². The molecular weight excluding hydrogens is 313 g/mol. The predicted molar refractivity (Wildman–Crippen MR) is 33.4 cm³/mol. The van der Waals surface area contributed by atoms with E-state index in [1.54, 1.807) is 0 Å². The van der Waals surface area contributed by atoms with Crippen LogP contribution in [-0.4, -0.2) is 0 Å². The van der Waals surface area contributed by atoms with Crippen molar-refractivity contribution >= 4 is 7.81 Å². The molecule has 0 aromatic carbocycles. The summed E-state index contributed by atoms with van der Waals surface area (Å²) in [5, 5.41) is 25.0. The van der Waals surface area contributed by atoms with Gasteiger partial charge in [0.2, 0.25) is 0 Å². The smallest absolute Gasteiger partial charge is 0 e. The standard InChI is InChI=1S/4CN.Cu.F6P/c4*1-2;;1-7(2,3,4,5)6/q4*-1;;-1. The average Bonchev–Trinajstić information content (AvgIpc) is 2.12. The Labute approximate surface area is 98.0 Å². The topological polar surface area (TPSA) is 95.2 Å². The molecule has 0 rings (SSSR count). The van der Waals surface area contributed by atoms with Gasteiger partial charge in [0.15, 0.2) is 0 Å². The Bertz CT molecular complexity index is 188. The molecule has 0 saturated heterocycles. The predicted octanol–water partition coefficient (Wildman–Crippen LogP) is 3.77. The van der Waals surface area contributed by atoms with Crippen LogP contribution in [0.25, 0.3) is 0 Å². The van der Waals surface area contributed by atoms with Gasteiger partial charge in [0.1, 0.15) is 0 Å². The van der Waals surface area contributed by atoms with Crippen LogP contribution in [0, 0.1) is 47.3 Å². The molecule has 0 bridgehead atoms. The van der Waals surface area contributed by atoms with Crippen LogP contribution in [0.5, 0.6) is 0 Å². The van der Waals surface area contributed by atoms with Crippen LogP contribution in [0.15, 0.2) is 0 Å². The largest absolute Gasteiger partial charge is 0.512 e. The summed E-state index contributed by atoms with van der Waals surface area (Å²) in [6.45, 7) is 19.0. The molecule has 0 aromatic heterocycles. The molecule has 0 aliphatic heterocycles. The zero-order valence-electron chi connectivity index (χ0n) is 6.81. The molecule has 4 nitrogen and oxygen atoms in total. The first kappa shape index (κ1) is 36.6. The Hall–Kier alpha value is -1.51. The molecule has 1 radical (unpaired) electrons. The number of rotatable bonds is 0. The van der Waals surface area contributed by atoms with Crippen LogP contribution in [-0.2, 0) is 17.1 Å². The molecule has 0 saturated carbocycles. The third-order valence-corrected chi connectivity index (χ3v) is 0. The van der Waals surface area contributed by atoms with Crippen molar-refractivity contribution in [2.24, 2.45) is 0 Å². The van der Waals surface area contributed by atoms with Crippen molar-refractivity contribution in [3.05, 3.63) is 26.3 Å². The molecule has 12 heteroatoms. The molecule has 0 aromatic rings. The third-order valence-electron chi connectivity index (χ3n) is 0. The third kappa shape index (κ3) is 723. The fourth-order valence-electron chi connectivity index (χ4n) is 0. The summed E-state index contributed by atoms with van der Waals surface area (Å²) >= 11 is 0. The van der Waals surface area contributed by atoms with Gasteiger partial charge in [-0.3, -0.25) is 0 Å². The van der Waals surface area contributed by atoms with Gasteiger partial charge in [-0.15, -0.1) is 0 Å². The molecular formula is C4CuF6N4P-5. The van der Waals surface area contributed by atoms with E-state index in [1.807, 2.05) is 0 Å². The monoisotopic (exact) mass is 312 g/mol. The summed E-state index contributed by atoms with van der Waals surface area (Å²) in [4.78, 5) is 0. The molecule has 0 N–H and O–H groups in total. The van der Waals surface area contributed by atoms with Gasteiger partial charge >= 0.3 is 33.0 Å². The molecule has 0 heterocycles. The minimum absolute atomic E-state index is 0. The summed E-state index contributed by atoms with van der Waals surface area (Å²) in [7, 11) is -10.7. The summed E-state index contributed by atoms with van der Waals surface area (Å²) in [5.74, 6) is 0. The molecule has 0 atom stereocenters. The van der Waals surface area contributed by atoms with Crippen molar-refractivity contribution < 1.29 is 42.3 Å². The number of nitrogens with zero attached hydrogens (tertiary/aromatic N) is 4. The molecule has 99 valence electrons. The summed E-state index contributed by atoms with van der Waals surface area (Å²) < 4.78 is 59.2. The molecule has 0 aliphatic carbocycles. The minimum atomic E-state index is -10.7. The fraction of sp³-hybridized carbons (Fsp3) is 0. The molecule has 0 aliphatic rings. The van der Waals surface area contributed by atoms with Gasteiger partial charge in [-0.25, -0.2) is 0 Å². The van der Waals surface area contributed by atoms with Gasteiger partial charge in [-0.2, -0.15) is 0 Å². The van der Waals surface area contributed by atoms with Crippen molar-refractivity contribution in [2.75, 3.05) is 0 Å². The zero-order chi connectivity index (χ0) is 14.4. The van der Waals surface area contributed by atoms with E-state index in [1.165, 1.54) is 0 Å². The Morgan fingerprint density at radius 1 is 0.500 bits per heavy atom. The number of hydrogen-bond donors (Lipinski definition) is 0. The Balaban J connectivity index is -0.0000000238. The van der Waals surface area contributed by atoms with Crippen molar-refractivity contribution in [3.8, 4) is 0 Å². The van der Waals surface area contributed by atoms with E-state index in [4.69, 9.17) is 47.3 Å². The van der Waals surface area contributed by atoms with E-state index in [0.29, 0.717) is 0 Å². The van der Waals surface area contributed by atoms with Crippen LogP contribution < -0.4 is 0 Å². The van der Waals surface area contributed by atoms with E-state index < -0.39 is 7.81 Å². The fourth-order valence-corrected chi connectivity index (χ4v) is 0. The van der Waals surface area contributed by atoms with E-state index >= 15 is 0 Å². The second kappa shape index (κ2) is 11.6. The van der Waals surface area contributed by atoms with Crippen LogP contribution >= 0.6 is 7.81 Å². The summed E-state index contributed by atoms with van der Waals surface area (Å²) in [6.07, 6.45) is 0. The molecule has 0 amide bonds. The van der Waals surface area contributed by atoms with Gasteiger partial charge in [0.25, 0.3) is 0 Å². The maximum absolute atomic E-state index is 10.7. The first-order chi connectivity index (χ1) is 6.45. The average molecular weight is 313 g/mol. The van der Waals surface area contributed by atoms with Crippen molar-refractivity contribution in [3.63, 3.8) is 0 Å². The molecule has 0 spiro atoms. The molecule has 0 unspecified atom stereocenters. The molecule has 0 fully saturated rings. The summed E-state index contributed by atoms with van der Waals surface area (Å²) in [6, 6.07) is 0. The van der Waals surface area contributed by atoms with E-state index in [0.717, 1.165) is 0 Å². The summed E-state index contributed by atoms with van der Waals surface area (Å²) in [5.41, 5.74) is 0. The Morgan fingerprint density at radius 3 is 0.500 bits per heavy atom. The van der Waals surface area contributed by atoms with E-state index in [-0.39, 0.29) is 17.1 Å². The van der Waals surface area contributed by atoms with Crippen molar-refractivity contribution in [2.45, 2.75) is 0 Å².